The summed E-state index contributed by atoms with van der Waals surface area (Å²) >= 11 is 1.73. The first-order valence-electron chi connectivity index (χ1n) is 9.03. The molecule has 0 aliphatic heterocycles. The zero-order valence-electron chi connectivity index (χ0n) is 14.2. The van der Waals surface area contributed by atoms with E-state index in [1.165, 1.54) is 62.7 Å². The molecule has 1 rings (SSSR count). The third kappa shape index (κ3) is 11.8. The molecule has 124 valence electrons. The van der Waals surface area contributed by atoms with Crippen LogP contribution in [0.25, 0.3) is 0 Å². The maximum Gasteiger partial charge on any atom is 0.0768 e. The molecule has 0 aliphatic rings. The van der Waals surface area contributed by atoms with Crippen molar-refractivity contribution in [2.24, 2.45) is 0 Å². The minimum absolute atomic E-state index is 0.928. The van der Waals surface area contributed by atoms with Crippen LogP contribution in [-0.4, -0.2) is 13.2 Å². The van der Waals surface area contributed by atoms with E-state index in [-0.39, 0.29) is 0 Å². The molecule has 1 heterocycles. The summed E-state index contributed by atoms with van der Waals surface area (Å²) in [4.78, 5) is 1.19. The number of unbranched alkanes of at least 4 members (excludes halogenated alkanes) is 9. The third-order valence-electron chi connectivity index (χ3n) is 3.67. The monoisotopic (exact) mass is 320 g/mol. The summed E-state index contributed by atoms with van der Waals surface area (Å²) in [6, 6.07) is 4.15. The van der Waals surface area contributed by atoms with Crippen molar-refractivity contribution < 1.29 is 4.74 Å². The summed E-state index contributed by atoms with van der Waals surface area (Å²) in [5.41, 5.74) is 0. The molecule has 1 aromatic heterocycles. The molecule has 0 aliphatic carbocycles. The van der Waals surface area contributed by atoms with Gasteiger partial charge in [0, 0.05) is 19.6 Å². The molecule has 0 unspecified atom stereocenters. The first-order chi connectivity index (χ1) is 10.9. The molecule has 0 saturated carbocycles. The van der Waals surface area contributed by atoms with Gasteiger partial charge in [0.1, 0.15) is 0 Å². The van der Waals surface area contributed by atoms with Crippen LogP contribution in [0.5, 0.6) is 0 Å². The van der Waals surface area contributed by atoms with Crippen molar-refractivity contribution in [1.82, 2.24) is 0 Å². The molecule has 0 amide bonds. The van der Waals surface area contributed by atoms with Gasteiger partial charge in [-0.25, -0.2) is 0 Å². The van der Waals surface area contributed by atoms with Gasteiger partial charge in [-0.3, -0.25) is 0 Å². The highest BCUT2D eigenvalue weighted by atomic mass is 32.1. The Balaban J connectivity index is 1.75. The fourth-order valence-electron chi connectivity index (χ4n) is 2.40. The molecule has 0 bridgehead atoms. The Bertz CT molecular complexity index is 386. The van der Waals surface area contributed by atoms with Crippen LogP contribution < -0.4 is 0 Å². The lowest BCUT2D eigenvalue weighted by atomic mass is 10.1. The Labute approximate surface area is 141 Å². The van der Waals surface area contributed by atoms with Gasteiger partial charge < -0.3 is 4.74 Å². The maximum atomic E-state index is 5.49. The van der Waals surface area contributed by atoms with Crippen molar-refractivity contribution in [2.45, 2.75) is 77.6 Å². The molecule has 0 atom stereocenters. The zero-order valence-corrected chi connectivity index (χ0v) is 15.1. The number of hydrogen-bond acceptors (Lipinski definition) is 2. The van der Waals surface area contributed by atoms with E-state index >= 15 is 0 Å². The van der Waals surface area contributed by atoms with E-state index in [9.17, 15) is 0 Å². The molecule has 0 fully saturated rings. The van der Waals surface area contributed by atoms with E-state index < -0.39 is 0 Å². The highest BCUT2D eigenvalue weighted by molar-refractivity contribution is 7.10. The van der Waals surface area contributed by atoms with E-state index in [4.69, 9.17) is 4.74 Å². The Morgan fingerprint density at radius 1 is 0.909 bits per heavy atom. The van der Waals surface area contributed by atoms with Crippen molar-refractivity contribution in [2.75, 3.05) is 13.2 Å². The fourth-order valence-corrected chi connectivity index (χ4v) is 2.99. The summed E-state index contributed by atoms with van der Waals surface area (Å²) in [5, 5.41) is 2.09. The second-order valence-electron chi connectivity index (χ2n) is 5.82. The van der Waals surface area contributed by atoms with Crippen molar-refractivity contribution in [1.29, 1.82) is 0 Å². The lowest BCUT2D eigenvalue weighted by molar-refractivity contribution is 0.130. The van der Waals surface area contributed by atoms with Crippen LogP contribution in [0.15, 0.2) is 17.5 Å². The predicted octanol–water partition coefficient (Wildman–Crippen LogP) is 6.43. The van der Waals surface area contributed by atoms with Gasteiger partial charge in [0.15, 0.2) is 0 Å². The summed E-state index contributed by atoms with van der Waals surface area (Å²) < 4.78 is 5.49. The van der Waals surface area contributed by atoms with Gasteiger partial charge in [-0.1, -0.05) is 69.8 Å². The van der Waals surface area contributed by atoms with E-state index in [2.05, 4.69) is 36.3 Å². The summed E-state index contributed by atoms with van der Waals surface area (Å²) in [7, 11) is 0. The lowest BCUT2D eigenvalue weighted by Crippen LogP contribution is -1.95. The average Bonchev–Trinajstić information content (AvgIpc) is 3.04. The first kappa shape index (κ1) is 19.3. The van der Waals surface area contributed by atoms with Crippen molar-refractivity contribution in [3.05, 3.63) is 22.4 Å². The summed E-state index contributed by atoms with van der Waals surface area (Å²) in [6.45, 7) is 4.05. The number of thiophene rings is 1. The Morgan fingerprint density at radius 3 is 2.23 bits per heavy atom. The molecule has 0 aromatic carbocycles. The van der Waals surface area contributed by atoms with Gasteiger partial charge >= 0.3 is 0 Å². The van der Waals surface area contributed by atoms with Gasteiger partial charge in [-0.15, -0.1) is 11.3 Å². The average molecular weight is 321 g/mol. The van der Waals surface area contributed by atoms with Crippen LogP contribution in [0.3, 0.4) is 0 Å². The molecular formula is C20H32OS. The summed E-state index contributed by atoms with van der Waals surface area (Å²) in [5.74, 6) is 6.50. The van der Waals surface area contributed by atoms with Crippen LogP contribution in [-0.2, 0) is 4.74 Å². The van der Waals surface area contributed by atoms with Crippen LogP contribution >= 0.6 is 11.3 Å². The van der Waals surface area contributed by atoms with Gasteiger partial charge in [0.05, 0.1) is 4.88 Å². The number of rotatable bonds is 13. The topological polar surface area (TPSA) is 9.23 Å². The molecule has 2 heteroatoms. The number of hydrogen-bond donors (Lipinski definition) is 0. The van der Waals surface area contributed by atoms with Crippen LogP contribution in [0, 0.1) is 11.8 Å². The van der Waals surface area contributed by atoms with E-state index in [0.717, 1.165) is 26.1 Å². The van der Waals surface area contributed by atoms with Crippen molar-refractivity contribution >= 4 is 11.3 Å². The minimum atomic E-state index is 0.928. The van der Waals surface area contributed by atoms with Crippen molar-refractivity contribution in [3.8, 4) is 11.8 Å². The largest absolute Gasteiger partial charge is 0.381 e. The maximum absolute atomic E-state index is 5.49. The molecule has 0 spiro atoms. The standard InChI is InChI=1S/C20H32OS/c1-2-17-21-18-13-11-9-7-5-3-4-6-8-10-12-15-20-16-14-19-22-20/h14,16,19H,2-11,13,17-18H2,1H3. The van der Waals surface area contributed by atoms with Gasteiger partial charge in [-0.2, -0.15) is 0 Å². The Kier molecular flexibility index (Phi) is 13.2. The highest BCUT2D eigenvalue weighted by Gasteiger charge is 1.93. The SMILES string of the molecule is CCCOCCCCCCCCCCCC#Cc1cccs1. The summed E-state index contributed by atoms with van der Waals surface area (Å²) in [6.07, 6.45) is 14.3. The second-order valence-corrected chi connectivity index (χ2v) is 6.77. The third-order valence-corrected chi connectivity index (χ3v) is 4.46. The van der Waals surface area contributed by atoms with Crippen LogP contribution in [0.1, 0.15) is 82.4 Å². The van der Waals surface area contributed by atoms with Crippen LogP contribution in [0.4, 0.5) is 0 Å². The van der Waals surface area contributed by atoms with Crippen LogP contribution in [0.2, 0.25) is 0 Å². The Morgan fingerprint density at radius 2 is 1.59 bits per heavy atom. The molecule has 1 aromatic rings. The quantitative estimate of drug-likeness (QED) is 0.301. The van der Waals surface area contributed by atoms with Gasteiger partial charge in [0.25, 0.3) is 0 Å². The lowest BCUT2D eigenvalue weighted by Gasteiger charge is -2.03. The molecule has 1 nitrogen and oxygen atoms in total. The predicted molar refractivity (Wildman–Crippen MR) is 98.5 cm³/mol. The highest BCUT2D eigenvalue weighted by Crippen LogP contribution is 2.11. The smallest absolute Gasteiger partial charge is 0.0768 e. The Hall–Kier alpha value is -0.780. The van der Waals surface area contributed by atoms with Crippen molar-refractivity contribution in [3.63, 3.8) is 0 Å². The molecule has 0 radical (unpaired) electrons. The molecular weight excluding hydrogens is 288 g/mol. The minimum Gasteiger partial charge on any atom is -0.381 e. The molecule has 0 saturated heterocycles. The van der Waals surface area contributed by atoms with Gasteiger partial charge in [0.2, 0.25) is 0 Å². The second kappa shape index (κ2) is 15.1. The number of ether oxygens (including phenoxy) is 1. The molecule has 22 heavy (non-hydrogen) atoms. The van der Waals surface area contributed by atoms with E-state index in [1.807, 2.05) is 0 Å². The van der Waals surface area contributed by atoms with E-state index in [1.54, 1.807) is 11.3 Å². The van der Waals surface area contributed by atoms with Gasteiger partial charge in [-0.05, 0) is 30.7 Å². The zero-order chi connectivity index (χ0) is 15.7. The van der Waals surface area contributed by atoms with E-state index in [0.29, 0.717) is 0 Å². The fraction of sp³-hybridized carbons (Fsp3) is 0.700. The molecule has 0 N–H and O–H groups in total. The normalized spacial score (nSPS) is 10.4. The first-order valence-corrected chi connectivity index (χ1v) is 9.91.